The van der Waals surface area contributed by atoms with Crippen molar-refractivity contribution in [3.05, 3.63) is 60.2 Å². The molecule has 0 radical (unpaired) electrons. The van der Waals surface area contributed by atoms with Gasteiger partial charge in [-0.05, 0) is 23.1 Å². The number of nitrogens with two attached hydrogens (primary N) is 1. The second kappa shape index (κ2) is 10.1. The van der Waals surface area contributed by atoms with E-state index in [1.54, 1.807) is 30.3 Å². The van der Waals surface area contributed by atoms with Crippen LogP contribution in [0, 0.1) is 0 Å². The third-order valence-electron chi connectivity index (χ3n) is 5.10. The van der Waals surface area contributed by atoms with Crippen LogP contribution in [-0.2, 0) is 20.2 Å². The van der Waals surface area contributed by atoms with Crippen LogP contribution in [0.4, 0.5) is 26.3 Å². The Balaban J connectivity index is 2.43. The number of carbonyl (C=O) groups is 1. The van der Waals surface area contributed by atoms with Gasteiger partial charge in [0.15, 0.2) is 5.41 Å². The van der Waals surface area contributed by atoms with Crippen molar-refractivity contribution in [1.29, 1.82) is 0 Å². The standard InChI is InChI=1S/C21H20F6N2O4S/c22-20(23,24)19(21(25,26)27,11-13-34(32,33)29-12-10-17(28)18(30)31)16-8-6-15(7-9-16)14-4-2-1-3-5-14/h1-9,12,17H,10-11,13,28H2,(H,30,31)/t17-/m0/s1. The summed E-state index contributed by atoms with van der Waals surface area (Å²) in [6.45, 7) is 0. The highest BCUT2D eigenvalue weighted by Crippen LogP contribution is 2.54. The fraction of sp³-hybridized carbons (Fsp3) is 0.333. The first-order chi connectivity index (χ1) is 15.6. The van der Waals surface area contributed by atoms with Gasteiger partial charge < -0.3 is 10.8 Å². The van der Waals surface area contributed by atoms with E-state index in [1.165, 1.54) is 0 Å². The molecule has 0 saturated heterocycles. The van der Waals surface area contributed by atoms with Crippen LogP contribution in [0.5, 0.6) is 0 Å². The number of sulfonamides is 1. The molecule has 0 aromatic heterocycles. The SMILES string of the molecule is N[C@@H](CC=NS(=O)(=O)CCC(c1ccc(-c2ccccc2)cc1)(C(F)(F)F)C(F)(F)F)C(=O)O. The molecule has 0 bridgehead atoms. The second-order valence-corrected chi connectivity index (χ2v) is 9.13. The summed E-state index contributed by atoms with van der Waals surface area (Å²) in [6, 6.07) is 10.2. The third-order valence-corrected chi connectivity index (χ3v) is 6.29. The van der Waals surface area contributed by atoms with E-state index in [0.717, 1.165) is 12.1 Å². The van der Waals surface area contributed by atoms with Gasteiger partial charge in [-0.1, -0.05) is 54.6 Å². The van der Waals surface area contributed by atoms with Crippen molar-refractivity contribution < 1.29 is 44.7 Å². The molecule has 1 atom stereocenters. The van der Waals surface area contributed by atoms with Gasteiger partial charge in [-0.2, -0.15) is 30.7 Å². The molecule has 0 saturated carbocycles. The fourth-order valence-corrected chi connectivity index (χ4v) is 4.18. The highest BCUT2D eigenvalue weighted by Gasteiger charge is 2.71. The number of aliphatic carboxylic acids is 1. The number of benzene rings is 2. The van der Waals surface area contributed by atoms with Crippen LogP contribution in [0.3, 0.4) is 0 Å². The maximum Gasteiger partial charge on any atom is 0.407 e. The van der Waals surface area contributed by atoms with Crippen molar-refractivity contribution in [2.45, 2.75) is 36.7 Å². The average Bonchev–Trinajstić information content (AvgIpc) is 2.73. The molecule has 0 heterocycles. The summed E-state index contributed by atoms with van der Waals surface area (Å²) in [5, 5.41) is 8.63. The van der Waals surface area contributed by atoms with Crippen LogP contribution in [0.2, 0.25) is 0 Å². The summed E-state index contributed by atoms with van der Waals surface area (Å²) < 4.78 is 111. The van der Waals surface area contributed by atoms with Crippen LogP contribution in [0.15, 0.2) is 59.0 Å². The lowest BCUT2D eigenvalue weighted by Gasteiger charge is -2.37. The van der Waals surface area contributed by atoms with E-state index in [-0.39, 0.29) is 0 Å². The summed E-state index contributed by atoms with van der Waals surface area (Å²) in [7, 11) is -4.79. The normalized spacial score (nSPS) is 14.3. The molecule has 0 aliphatic heterocycles. The summed E-state index contributed by atoms with van der Waals surface area (Å²) in [5.41, 5.74) is 0.441. The minimum Gasteiger partial charge on any atom is -0.480 e. The van der Waals surface area contributed by atoms with Crippen molar-refractivity contribution in [2.75, 3.05) is 5.75 Å². The first-order valence-corrected chi connectivity index (χ1v) is 11.3. The summed E-state index contributed by atoms with van der Waals surface area (Å²) in [5.74, 6) is -3.08. The molecule has 34 heavy (non-hydrogen) atoms. The van der Waals surface area contributed by atoms with Crippen LogP contribution < -0.4 is 5.73 Å². The van der Waals surface area contributed by atoms with E-state index in [1.807, 2.05) is 0 Å². The molecule has 0 amide bonds. The number of nitrogens with zero attached hydrogens (tertiary/aromatic N) is 1. The quantitative estimate of drug-likeness (QED) is 0.386. The van der Waals surface area contributed by atoms with Crippen molar-refractivity contribution >= 4 is 22.2 Å². The fourth-order valence-electron chi connectivity index (χ4n) is 3.20. The first-order valence-electron chi connectivity index (χ1n) is 9.65. The van der Waals surface area contributed by atoms with E-state index >= 15 is 0 Å². The predicted octanol–water partition coefficient (Wildman–Crippen LogP) is 4.31. The summed E-state index contributed by atoms with van der Waals surface area (Å²) in [4.78, 5) is 10.6. The van der Waals surface area contributed by atoms with Crippen LogP contribution in [-0.4, -0.2) is 49.9 Å². The number of halogens is 6. The Kier molecular flexibility index (Phi) is 8.14. The van der Waals surface area contributed by atoms with Crippen LogP contribution in [0.25, 0.3) is 11.1 Å². The van der Waals surface area contributed by atoms with Gasteiger partial charge >= 0.3 is 18.3 Å². The smallest absolute Gasteiger partial charge is 0.407 e. The zero-order valence-electron chi connectivity index (χ0n) is 17.3. The monoisotopic (exact) mass is 510 g/mol. The zero-order chi connectivity index (χ0) is 25.8. The molecule has 0 unspecified atom stereocenters. The van der Waals surface area contributed by atoms with Gasteiger partial charge in [-0.3, -0.25) is 4.79 Å². The minimum atomic E-state index is -5.88. The molecule has 3 N–H and O–H groups in total. The molecule has 0 aliphatic rings. The van der Waals surface area contributed by atoms with E-state index in [2.05, 4.69) is 4.40 Å². The van der Waals surface area contributed by atoms with E-state index in [4.69, 9.17) is 10.8 Å². The molecule has 0 fully saturated rings. The van der Waals surface area contributed by atoms with Gasteiger partial charge in [0, 0.05) is 12.6 Å². The molecule has 13 heteroatoms. The van der Waals surface area contributed by atoms with Crippen LogP contribution in [0.1, 0.15) is 18.4 Å². The Morgan fingerprint density at radius 2 is 1.44 bits per heavy atom. The molecular formula is C21H20F6N2O4S. The number of hydrogen-bond donors (Lipinski definition) is 2. The second-order valence-electron chi connectivity index (χ2n) is 7.35. The summed E-state index contributed by atoms with van der Waals surface area (Å²) in [6.07, 6.45) is -13.7. The molecule has 2 aromatic carbocycles. The average molecular weight is 510 g/mol. The number of hydrogen-bond acceptors (Lipinski definition) is 4. The Hall–Kier alpha value is -2.93. The largest absolute Gasteiger partial charge is 0.480 e. The predicted molar refractivity (Wildman–Crippen MR) is 113 cm³/mol. The Morgan fingerprint density at radius 1 is 0.941 bits per heavy atom. The van der Waals surface area contributed by atoms with Crippen molar-refractivity contribution in [1.82, 2.24) is 0 Å². The molecule has 2 rings (SSSR count). The van der Waals surface area contributed by atoms with Gasteiger partial charge in [-0.15, -0.1) is 0 Å². The Morgan fingerprint density at radius 3 is 1.91 bits per heavy atom. The maximum absolute atomic E-state index is 14.0. The summed E-state index contributed by atoms with van der Waals surface area (Å²) >= 11 is 0. The molecule has 2 aromatic rings. The maximum atomic E-state index is 14.0. The number of carboxylic acid groups (broad SMARTS) is 1. The van der Waals surface area contributed by atoms with Crippen molar-refractivity contribution in [3.63, 3.8) is 0 Å². The lowest BCUT2D eigenvalue weighted by molar-refractivity contribution is -0.304. The molecule has 0 spiro atoms. The lowest BCUT2D eigenvalue weighted by Crippen LogP contribution is -2.54. The Labute approximate surface area is 191 Å². The lowest BCUT2D eigenvalue weighted by atomic mass is 9.76. The Bertz CT molecular complexity index is 1100. The van der Waals surface area contributed by atoms with Gasteiger partial charge in [0.05, 0.1) is 5.75 Å². The van der Waals surface area contributed by atoms with E-state index in [9.17, 15) is 39.6 Å². The van der Waals surface area contributed by atoms with E-state index in [0.29, 0.717) is 29.5 Å². The van der Waals surface area contributed by atoms with Crippen molar-refractivity contribution in [2.24, 2.45) is 10.1 Å². The molecular weight excluding hydrogens is 490 g/mol. The van der Waals surface area contributed by atoms with Crippen LogP contribution >= 0.6 is 0 Å². The molecule has 6 nitrogen and oxygen atoms in total. The van der Waals surface area contributed by atoms with Gasteiger partial charge in [-0.25, -0.2) is 8.42 Å². The number of alkyl halides is 6. The van der Waals surface area contributed by atoms with Gasteiger partial charge in [0.2, 0.25) is 0 Å². The molecule has 186 valence electrons. The van der Waals surface area contributed by atoms with E-state index < -0.39 is 64.0 Å². The van der Waals surface area contributed by atoms with Gasteiger partial charge in [0.25, 0.3) is 10.0 Å². The third kappa shape index (κ3) is 6.14. The zero-order valence-corrected chi connectivity index (χ0v) is 18.2. The molecule has 0 aliphatic carbocycles. The highest BCUT2D eigenvalue weighted by atomic mass is 32.2. The minimum absolute atomic E-state index is 0.370. The van der Waals surface area contributed by atoms with Crippen molar-refractivity contribution in [3.8, 4) is 11.1 Å². The van der Waals surface area contributed by atoms with Gasteiger partial charge in [0.1, 0.15) is 6.04 Å². The number of rotatable bonds is 9. The first kappa shape index (κ1) is 27.3. The highest BCUT2D eigenvalue weighted by molar-refractivity contribution is 7.90. The number of carboxylic acids is 1. The topological polar surface area (TPSA) is 110 Å².